The van der Waals surface area contributed by atoms with Crippen molar-refractivity contribution in [1.82, 2.24) is 0 Å². The molecule has 2 bridgehead atoms. The first kappa shape index (κ1) is 16.3. The van der Waals surface area contributed by atoms with Gasteiger partial charge >= 0.3 is 131 Å². The first-order valence-corrected chi connectivity index (χ1v) is 14.0. The Labute approximate surface area is 130 Å². The average molecular weight is 397 g/mol. The summed E-state index contributed by atoms with van der Waals surface area (Å²) in [6.07, 6.45) is 3.88. The van der Waals surface area contributed by atoms with Crippen LogP contribution in [0.1, 0.15) is 60.2 Å². The molecule has 2 aliphatic heterocycles. The first-order chi connectivity index (χ1) is 10.1. The predicted octanol–water partition coefficient (Wildman–Crippen LogP) is 4.06. The Morgan fingerprint density at radius 2 is 1.19 bits per heavy atom. The van der Waals surface area contributed by atoms with Gasteiger partial charge in [0.05, 0.1) is 0 Å². The van der Waals surface area contributed by atoms with Crippen molar-refractivity contribution < 1.29 is 15.7 Å². The summed E-state index contributed by atoms with van der Waals surface area (Å²) in [6.45, 7) is 4.18. The number of hydrogen-bond donors (Lipinski definition) is 0. The molecule has 0 amide bonds. The fraction of sp³-hybridized carbons (Fsp3) is 0.500. The van der Waals surface area contributed by atoms with Crippen molar-refractivity contribution >= 4 is 31.1 Å². The van der Waals surface area contributed by atoms with Crippen LogP contribution in [0.2, 0.25) is 8.87 Å². The van der Waals surface area contributed by atoms with Crippen LogP contribution in [-0.4, -0.2) is 31.1 Å². The molecule has 0 saturated heterocycles. The minimum absolute atomic E-state index is 0.334. The normalized spacial score (nSPS) is 16.7. The van der Waals surface area contributed by atoms with E-state index >= 15 is 0 Å². The van der Waals surface area contributed by atoms with Crippen molar-refractivity contribution in [3.63, 3.8) is 0 Å². The molecule has 21 heavy (non-hydrogen) atoms. The summed E-state index contributed by atoms with van der Waals surface area (Å²) < 4.78 is 13.2. The van der Waals surface area contributed by atoms with Crippen molar-refractivity contribution in [1.29, 1.82) is 0 Å². The van der Waals surface area contributed by atoms with Gasteiger partial charge in [-0.15, -0.1) is 0 Å². The van der Waals surface area contributed by atoms with Crippen LogP contribution in [0, 0.1) is 0 Å². The molecule has 0 fully saturated rings. The van der Waals surface area contributed by atoms with Gasteiger partial charge in [0.1, 0.15) is 0 Å². The van der Waals surface area contributed by atoms with E-state index in [0.29, 0.717) is 11.1 Å². The molecular weight excluding hydrogens is 375 g/mol. The van der Waals surface area contributed by atoms with Crippen molar-refractivity contribution in [3.8, 4) is 0 Å². The molecule has 0 aliphatic carbocycles. The van der Waals surface area contributed by atoms with Crippen LogP contribution in [-0.2, 0) is 6.15 Å². The van der Waals surface area contributed by atoms with Gasteiger partial charge in [0.25, 0.3) is 0 Å². The molecule has 0 unspecified atom stereocenters. The van der Waals surface area contributed by atoms with Crippen LogP contribution in [0.4, 0.5) is 0 Å². The second-order valence-electron chi connectivity index (χ2n) is 5.47. The maximum absolute atomic E-state index is 12.3. The van der Waals surface area contributed by atoms with E-state index in [9.17, 15) is 9.59 Å². The Hall–Kier alpha value is -1.04. The topological polar surface area (TPSA) is 52.6 Å². The molecule has 2 aliphatic rings. The second kappa shape index (κ2) is 7.29. The van der Waals surface area contributed by atoms with Crippen molar-refractivity contribution in [2.24, 2.45) is 0 Å². The fourth-order valence-corrected chi connectivity index (χ4v) is 12.1. The van der Waals surface area contributed by atoms with Crippen LogP contribution in [0.5, 0.6) is 0 Å². The zero-order chi connectivity index (χ0) is 15.3. The third kappa shape index (κ3) is 3.99. The summed E-state index contributed by atoms with van der Waals surface area (Å²) in [5.41, 5.74) is 1.01. The van der Waals surface area contributed by atoms with Crippen LogP contribution in [0.25, 0.3) is 0 Å². The van der Waals surface area contributed by atoms with Gasteiger partial charge in [-0.1, -0.05) is 0 Å². The van der Waals surface area contributed by atoms with Crippen LogP contribution >= 0.6 is 0 Å². The molecule has 4 nitrogen and oxygen atoms in total. The molecule has 0 saturated carbocycles. The van der Waals surface area contributed by atoms with Crippen molar-refractivity contribution in [3.05, 3.63) is 35.4 Å². The summed E-state index contributed by atoms with van der Waals surface area (Å²) in [7, 11) is 0. The first-order valence-electron chi connectivity index (χ1n) is 7.67. The number of unbranched alkanes of at least 4 members (excludes halogenated alkanes) is 2. The number of fused-ring (bicyclic) bond motifs is 6. The van der Waals surface area contributed by atoms with Crippen molar-refractivity contribution in [2.75, 3.05) is 0 Å². The van der Waals surface area contributed by atoms with Gasteiger partial charge in [0, 0.05) is 0 Å². The molecule has 1 aromatic carbocycles. The van der Waals surface area contributed by atoms with Gasteiger partial charge in [0.15, 0.2) is 0 Å². The quantitative estimate of drug-likeness (QED) is 0.680. The Morgan fingerprint density at radius 3 is 1.52 bits per heavy atom. The number of rotatable bonds is 6. The van der Waals surface area contributed by atoms with E-state index in [2.05, 4.69) is 13.8 Å². The number of carbonyl (C=O) groups is 2. The minimum atomic E-state index is -3.70. The summed E-state index contributed by atoms with van der Waals surface area (Å²) in [4.78, 5) is 24.6. The number of hydrogen-bond acceptors (Lipinski definition) is 4. The zero-order valence-electron chi connectivity index (χ0n) is 12.7. The van der Waals surface area contributed by atoms with Gasteiger partial charge in [0.2, 0.25) is 0 Å². The van der Waals surface area contributed by atoms with Gasteiger partial charge in [-0.05, 0) is 0 Å². The molecule has 2 heterocycles. The fourth-order valence-electron chi connectivity index (χ4n) is 2.44. The molecule has 0 atom stereocenters. The third-order valence-corrected chi connectivity index (χ3v) is 13.3. The monoisotopic (exact) mass is 398 g/mol. The Morgan fingerprint density at radius 1 is 0.810 bits per heavy atom. The summed E-state index contributed by atoms with van der Waals surface area (Å²) in [5, 5.41) is 0. The van der Waals surface area contributed by atoms with Crippen LogP contribution in [0.15, 0.2) is 24.3 Å². The predicted molar refractivity (Wildman–Crippen MR) is 82.5 cm³/mol. The van der Waals surface area contributed by atoms with E-state index in [1.165, 1.54) is 0 Å². The molecular formula is C16H22O4Sn. The summed E-state index contributed by atoms with van der Waals surface area (Å²) in [6, 6.07) is 6.56. The zero-order valence-corrected chi connectivity index (χ0v) is 15.5. The van der Waals surface area contributed by atoms with Crippen molar-refractivity contribution in [2.45, 2.75) is 48.4 Å². The van der Waals surface area contributed by atoms with E-state index in [1.807, 2.05) is 0 Å². The standard InChI is InChI=1S/C8H6O4.2C4H9.Sn/c9-7(10)5-1-2-6(4-3-5)8(11)12;2*1-3-4-2;/h1-4H,(H,9,10)(H,11,12);2*1,3-4H2,2H3;/q;;;+2/p-2. The number of benzene rings is 1. The molecule has 114 valence electrons. The van der Waals surface area contributed by atoms with E-state index in [4.69, 9.17) is 6.15 Å². The van der Waals surface area contributed by atoms with E-state index in [0.717, 1.165) is 34.6 Å². The SMILES string of the molecule is CCC[CH2][Sn]1([CH2]CCC)[O]C(=O)c2ccc(cc2)C(=O)[O]1. The summed E-state index contributed by atoms with van der Waals surface area (Å²) in [5.74, 6) is -0.668. The molecule has 3 rings (SSSR count). The van der Waals surface area contributed by atoms with Crippen LogP contribution < -0.4 is 0 Å². The molecule has 0 N–H and O–H groups in total. The maximum atomic E-state index is 12.3. The Balaban J connectivity index is 2.33. The third-order valence-electron chi connectivity index (χ3n) is 3.74. The van der Waals surface area contributed by atoms with E-state index in [-0.39, 0.29) is 11.9 Å². The Kier molecular flexibility index (Phi) is 5.67. The van der Waals surface area contributed by atoms with Gasteiger partial charge in [-0.25, -0.2) is 0 Å². The molecule has 5 heteroatoms. The molecule has 1 aromatic rings. The van der Waals surface area contributed by atoms with Gasteiger partial charge in [-0.3, -0.25) is 0 Å². The second-order valence-corrected chi connectivity index (χ2v) is 14.7. The summed E-state index contributed by atoms with van der Waals surface area (Å²) >= 11 is -3.70. The van der Waals surface area contributed by atoms with Gasteiger partial charge < -0.3 is 0 Å². The van der Waals surface area contributed by atoms with E-state index in [1.54, 1.807) is 24.3 Å². The van der Waals surface area contributed by atoms with E-state index < -0.39 is 19.2 Å². The van der Waals surface area contributed by atoms with Crippen LogP contribution in [0.3, 0.4) is 0 Å². The van der Waals surface area contributed by atoms with Gasteiger partial charge in [-0.2, -0.15) is 0 Å². The molecule has 0 spiro atoms. The average Bonchev–Trinajstić information content (AvgIpc) is 2.57. The Bertz CT molecular complexity index is 463. The molecule has 0 aromatic heterocycles. The number of carbonyl (C=O) groups excluding carboxylic acids is 2. The molecule has 0 radical (unpaired) electrons.